The van der Waals surface area contributed by atoms with Crippen molar-refractivity contribution in [3.05, 3.63) is 12.7 Å². The van der Waals surface area contributed by atoms with Gasteiger partial charge in [0.2, 0.25) is 5.91 Å². The van der Waals surface area contributed by atoms with Crippen molar-refractivity contribution in [2.24, 2.45) is 0 Å². The molecule has 0 heterocycles. The van der Waals surface area contributed by atoms with Gasteiger partial charge in [0.05, 0.1) is 6.61 Å². The third kappa shape index (κ3) is 9.24. The maximum absolute atomic E-state index is 11.0. The van der Waals surface area contributed by atoms with E-state index >= 15 is 0 Å². The molecule has 92 valence electrons. The van der Waals surface area contributed by atoms with Gasteiger partial charge in [-0.2, -0.15) is 0 Å². The summed E-state index contributed by atoms with van der Waals surface area (Å²) in [6.07, 6.45) is 5.55. The van der Waals surface area contributed by atoms with Gasteiger partial charge in [-0.25, -0.2) is 0 Å². The smallest absolute Gasteiger partial charge is 0.305 e. The third-order valence-corrected chi connectivity index (χ3v) is 2.10. The summed E-state index contributed by atoms with van der Waals surface area (Å²) in [6, 6.07) is 0. The fourth-order valence-electron chi connectivity index (χ4n) is 1.26. The van der Waals surface area contributed by atoms with Crippen LogP contribution in [0.1, 0.15) is 39.0 Å². The lowest BCUT2D eigenvalue weighted by Gasteiger charge is -2.03. The molecule has 0 spiro atoms. The van der Waals surface area contributed by atoms with Gasteiger partial charge in [0.15, 0.2) is 0 Å². The molecule has 0 rings (SSSR count). The minimum absolute atomic E-state index is 0.123. The third-order valence-electron chi connectivity index (χ3n) is 2.10. The van der Waals surface area contributed by atoms with Crippen LogP contribution in [0.3, 0.4) is 0 Å². The van der Waals surface area contributed by atoms with Gasteiger partial charge in [-0.1, -0.05) is 19.4 Å². The first-order valence-electron chi connectivity index (χ1n) is 5.76. The van der Waals surface area contributed by atoms with Gasteiger partial charge in [-0.05, 0) is 25.8 Å². The van der Waals surface area contributed by atoms with Crippen molar-refractivity contribution in [3.8, 4) is 0 Å². The van der Waals surface area contributed by atoms with Crippen molar-refractivity contribution in [1.82, 2.24) is 5.32 Å². The Morgan fingerprint density at radius 1 is 1.25 bits per heavy atom. The van der Waals surface area contributed by atoms with E-state index in [1.807, 2.05) is 0 Å². The van der Waals surface area contributed by atoms with Crippen LogP contribution in [0.25, 0.3) is 0 Å². The molecule has 0 atom stereocenters. The van der Waals surface area contributed by atoms with Gasteiger partial charge in [-0.3, -0.25) is 9.59 Å². The van der Waals surface area contributed by atoms with Gasteiger partial charge < -0.3 is 10.1 Å². The summed E-state index contributed by atoms with van der Waals surface area (Å²) < 4.78 is 4.81. The molecule has 0 bridgehead atoms. The van der Waals surface area contributed by atoms with E-state index in [1.54, 1.807) is 6.92 Å². The molecule has 4 heteroatoms. The highest BCUT2D eigenvalue weighted by molar-refractivity contribution is 5.86. The van der Waals surface area contributed by atoms with Crippen LogP contribution in [0, 0.1) is 0 Å². The van der Waals surface area contributed by atoms with Crippen LogP contribution < -0.4 is 5.32 Å². The minimum atomic E-state index is -0.133. The molecule has 1 amide bonds. The number of carbonyl (C=O) groups is 2. The normalized spacial score (nSPS) is 9.56. The van der Waals surface area contributed by atoms with Gasteiger partial charge in [0, 0.05) is 13.0 Å². The van der Waals surface area contributed by atoms with E-state index in [0.717, 1.165) is 25.7 Å². The lowest BCUT2D eigenvalue weighted by molar-refractivity contribution is -0.143. The highest BCUT2D eigenvalue weighted by atomic mass is 16.5. The first kappa shape index (κ1) is 14.7. The van der Waals surface area contributed by atoms with Crippen LogP contribution in [0.4, 0.5) is 0 Å². The largest absolute Gasteiger partial charge is 0.466 e. The molecule has 0 aromatic carbocycles. The Kier molecular flexibility index (Phi) is 9.36. The molecular formula is C12H21NO3. The quantitative estimate of drug-likeness (QED) is 0.371. The summed E-state index contributed by atoms with van der Waals surface area (Å²) in [5.41, 5.74) is 0. The van der Waals surface area contributed by atoms with Gasteiger partial charge in [0.25, 0.3) is 0 Å². The molecule has 0 radical (unpaired) electrons. The van der Waals surface area contributed by atoms with Crippen molar-refractivity contribution < 1.29 is 14.3 Å². The Bertz CT molecular complexity index is 226. The fraction of sp³-hybridized carbons (Fsp3) is 0.667. The van der Waals surface area contributed by atoms with Crippen LogP contribution in [-0.4, -0.2) is 25.0 Å². The minimum Gasteiger partial charge on any atom is -0.466 e. The first-order valence-corrected chi connectivity index (χ1v) is 5.76. The highest BCUT2D eigenvalue weighted by Gasteiger charge is 2.00. The predicted molar refractivity (Wildman–Crippen MR) is 62.9 cm³/mol. The van der Waals surface area contributed by atoms with E-state index in [0.29, 0.717) is 19.6 Å². The second kappa shape index (κ2) is 10.2. The summed E-state index contributed by atoms with van der Waals surface area (Å²) >= 11 is 0. The molecule has 1 N–H and O–H groups in total. The van der Waals surface area contributed by atoms with Crippen LogP contribution >= 0.6 is 0 Å². The second-order valence-electron chi connectivity index (χ2n) is 3.46. The summed E-state index contributed by atoms with van der Waals surface area (Å²) in [6.45, 7) is 6.29. The molecule has 0 aromatic rings. The first-order chi connectivity index (χ1) is 7.70. The lowest BCUT2D eigenvalue weighted by Crippen LogP contribution is -2.21. The molecule has 0 aliphatic carbocycles. The monoisotopic (exact) mass is 227 g/mol. The zero-order chi connectivity index (χ0) is 12.2. The Balaban J connectivity index is 3.18. The van der Waals surface area contributed by atoms with E-state index in [4.69, 9.17) is 4.74 Å². The van der Waals surface area contributed by atoms with Crippen LogP contribution in [0.15, 0.2) is 12.7 Å². The van der Waals surface area contributed by atoms with Crippen molar-refractivity contribution in [2.45, 2.75) is 39.0 Å². The molecule has 0 aromatic heterocycles. The van der Waals surface area contributed by atoms with Crippen molar-refractivity contribution in [3.63, 3.8) is 0 Å². The Morgan fingerprint density at radius 3 is 2.56 bits per heavy atom. The lowest BCUT2D eigenvalue weighted by atomic mass is 10.1. The van der Waals surface area contributed by atoms with E-state index in [-0.39, 0.29) is 11.9 Å². The zero-order valence-corrected chi connectivity index (χ0v) is 9.96. The Labute approximate surface area is 97.1 Å². The van der Waals surface area contributed by atoms with Crippen LogP contribution in [-0.2, 0) is 14.3 Å². The summed E-state index contributed by atoms with van der Waals surface area (Å²) in [5.74, 6) is -0.256. The number of carbonyl (C=O) groups excluding carboxylic acids is 2. The molecule has 0 aliphatic heterocycles. The topological polar surface area (TPSA) is 55.4 Å². The van der Waals surface area contributed by atoms with Crippen molar-refractivity contribution in [2.75, 3.05) is 13.2 Å². The molecule has 16 heavy (non-hydrogen) atoms. The number of rotatable bonds is 9. The van der Waals surface area contributed by atoms with E-state index in [1.165, 1.54) is 6.08 Å². The number of ether oxygens (including phenoxy) is 1. The standard InChI is InChI=1S/C12H21NO3/c1-3-11(14)13-10-8-6-5-7-9-12(15)16-4-2/h3H,1,4-10H2,2H3,(H,13,14). The molecule has 0 saturated heterocycles. The number of hydrogen-bond donors (Lipinski definition) is 1. The summed E-state index contributed by atoms with van der Waals surface area (Å²) in [4.78, 5) is 21.7. The number of nitrogens with one attached hydrogen (secondary N) is 1. The average molecular weight is 227 g/mol. The number of unbranched alkanes of at least 4 members (excludes halogenated alkanes) is 3. The highest BCUT2D eigenvalue weighted by Crippen LogP contribution is 2.03. The predicted octanol–water partition coefficient (Wildman–Crippen LogP) is 1.80. The molecule has 0 saturated carbocycles. The maximum atomic E-state index is 11.0. The number of amides is 1. The van der Waals surface area contributed by atoms with Crippen LogP contribution in [0.2, 0.25) is 0 Å². The number of hydrogen-bond acceptors (Lipinski definition) is 3. The second-order valence-corrected chi connectivity index (χ2v) is 3.46. The Hall–Kier alpha value is -1.32. The molecule has 0 unspecified atom stereocenters. The molecule has 0 aliphatic rings. The van der Waals surface area contributed by atoms with Crippen molar-refractivity contribution >= 4 is 11.9 Å². The molecule has 4 nitrogen and oxygen atoms in total. The summed E-state index contributed by atoms with van der Waals surface area (Å²) in [7, 11) is 0. The average Bonchev–Trinajstić information content (AvgIpc) is 2.27. The van der Waals surface area contributed by atoms with Crippen LogP contribution in [0.5, 0.6) is 0 Å². The molecular weight excluding hydrogens is 206 g/mol. The zero-order valence-electron chi connectivity index (χ0n) is 9.96. The van der Waals surface area contributed by atoms with E-state index in [9.17, 15) is 9.59 Å². The maximum Gasteiger partial charge on any atom is 0.305 e. The van der Waals surface area contributed by atoms with E-state index < -0.39 is 0 Å². The fourth-order valence-corrected chi connectivity index (χ4v) is 1.26. The van der Waals surface area contributed by atoms with Crippen molar-refractivity contribution in [1.29, 1.82) is 0 Å². The van der Waals surface area contributed by atoms with E-state index in [2.05, 4.69) is 11.9 Å². The Morgan fingerprint density at radius 2 is 1.94 bits per heavy atom. The number of esters is 1. The van der Waals surface area contributed by atoms with Gasteiger partial charge in [-0.15, -0.1) is 0 Å². The van der Waals surface area contributed by atoms with Gasteiger partial charge in [0.1, 0.15) is 0 Å². The van der Waals surface area contributed by atoms with Gasteiger partial charge >= 0.3 is 5.97 Å². The SMILES string of the molecule is C=CC(=O)NCCCCCCC(=O)OCC. The molecule has 0 fully saturated rings. The summed E-state index contributed by atoms with van der Waals surface area (Å²) in [5, 5.41) is 2.70.